The number of amides is 2. The van der Waals surface area contributed by atoms with Crippen LogP contribution in [0.4, 0.5) is 0 Å². The summed E-state index contributed by atoms with van der Waals surface area (Å²) in [6, 6.07) is 6.19. The minimum absolute atomic E-state index is 0.00104. The summed E-state index contributed by atoms with van der Waals surface area (Å²) in [4.78, 5) is 26.1. The first-order valence-electron chi connectivity index (χ1n) is 9.09. The van der Waals surface area contributed by atoms with E-state index >= 15 is 0 Å². The number of piperidine rings is 1. The highest BCUT2D eigenvalue weighted by Crippen LogP contribution is 2.28. The normalized spacial score (nSPS) is 18.3. The molecule has 0 aliphatic carbocycles. The van der Waals surface area contributed by atoms with Crippen LogP contribution in [-0.4, -0.2) is 49.8 Å². The highest BCUT2D eigenvalue weighted by Gasteiger charge is 2.30. The first kappa shape index (κ1) is 19.4. The Hall–Kier alpha value is -2.35. The molecule has 0 radical (unpaired) electrons. The summed E-state index contributed by atoms with van der Waals surface area (Å²) in [6.45, 7) is 7.03. The molecule has 1 aromatic heterocycles. The molecule has 2 N–H and O–H groups in total. The smallest absolute Gasteiger partial charge is 0.235 e. The number of benzene rings is 1. The van der Waals surface area contributed by atoms with E-state index in [-0.39, 0.29) is 23.0 Å². The van der Waals surface area contributed by atoms with E-state index < -0.39 is 0 Å². The first-order valence-corrected chi connectivity index (χ1v) is 9.97. The van der Waals surface area contributed by atoms with Gasteiger partial charge in [-0.3, -0.25) is 14.2 Å². The number of aryl methyl sites for hydroxylation is 2. The molecule has 2 aromatic rings. The third-order valence-electron chi connectivity index (χ3n) is 4.89. The van der Waals surface area contributed by atoms with Crippen LogP contribution in [0.25, 0.3) is 5.69 Å². The molecule has 2 unspecified atom stereocenters. The Bertz CT molecular complexity index is 850. The van der Waals surface area contributed by atoms with Gasteiger partial charge >= 0.3 is 0 Å². The quantitative estimate of drug-likeness (QED) is 0.793. The Kier molecular flexibility index (Phi) is 5.84. The van der Waals surface area contributed by atoms with Crippen LogP contribution < -0.4 is 5.73 Å². The van der Waals surface area contributed by atoms with Crippen molar-refractivity contribution in [3.8, 4) is 5.69 Å². The highest BCUT2D eigenvalue weighted by molar-refractivity contribution is 8.00. The van der Waals surface area contributed by atoms with E-state index in [1.807, 2.05) is 30.5 Å². The van der Waals surface area contributed by atoms with Gasteiger partial charge in [0.25, 0.3) is 0 Å². The van der Waals surface area contributed by atoms with Gasteiger partial charge in [-0.1, -0.05) is 29.5 Å². The number of nitrogens with two attached hydrogens (primary N) is 1. The van der Waals surface area contributed by atoms with Crippen molar-refractivity contribution in [2.75, 3.05) is 13.1 Å². The van der Waals surface area contributed by atoms with Crippen molar-refractivity contribution in [1.29, 1.82) is 0 Å². The van der Waals surface area contributed by atoms with Crippen molar-refractivity contribution < 1.29 is 9.59 Å². The summed E-state index contributed by atoms with van der Waals surface area (Å²) in [6.07, 6.45) is 3.22. The van der Waals surface area contributed by atoms with Gasteiger partial charge in [-0.2, -0.15) is 0 Å². The molecular weight excluding hydrogens is 362 g/mol. The SMILES string of the molecule is Cc1ccc(-n2cnnc2SC(C)C(=O)N2CCCC(C(N)=O)C2)c(C)c1. The van der Waals surface area contributed by atoms with Crippen LogP contribution in [0.3, 0.4) is 0 Å². The maximum Gasteiger partial charge on any atom is 0.235 e. The third kappa shape index (κ3) is 4.32. The summed E-state index contributed by atoms with van der Waals surface area (Å²) in [5.41, 5.74) is 8.73. The predicted octanol–water partition coefficient (Wildman–Crippen LogP) is 2.09. The van der Waals surface area contributed by atoms with Gasteiger partial charge in [-0.15, -0.1) is 10.2 Å². The third-order valence-corrected chi connectivity index (χ3v) is 5.94. The Morgan fingerprint density at radius 2 is 2.11 bits per heavy atom. The van der Waals surface area contributed by atoms with Crippen LogP contribution in [0.2, 0.25) is 0 Å². The lowest BCUT2D eigenvalue weighted by molar-refractivity contribution is -0.134. The fraction of sp³-hybridized carbons (Fsp3) is 0.474. The molecule has 1 aliphatic rings. The molecule has 8 heteroatoms. The lowest BCUT2D eigenvalue weighted by atomic mass is 9.97. The van der Waals surface area contributed by atoms with E-state index in [4.69, 9.17) is 5.73 Å². The van der Waals surface area contributed by atoms with Gasteiger partial charge < -0.3 is 10.6 Å². The molecule has 0 spiro atoms. The van der Waals surface area contributed by atoms with Gasteiger partial charge in [-0.25, -0.2) is 0 Å². The van der Waals surface area contributed by atoms with Crippen LogP contribution in [0.5, 0.6) is 0 Å². The number of rotatable bonds is 5. The van der Waals surface area contributed by atoms with E-state index in [2.05, 4.69) is 23.2 Å². The van der Waals surface area contributed by atoms with Crippen molar-refractivity contribution in [2.45, 2.75) is 44.0 Å². The number of thioether (sulfide) groups is 1. The van der Waals surface area contributed by atoms with Gasteiger partial charge in [0.15, 0.2) is 5.16 Å². The fourth-order valence-corrected chi connectivity index (χ4v) is 4.34. The Morgan fingerprint density at radius 3 is 2.81 bits per heavy atom. The predicted molar refractivity (Wildman–Crippen MR) is 105 cm³/mol. The second-order valence-electron chi connectivity index (χ2n) is 7.06. The molecule has 1 aromatic carbocycles. The number of likely N-dealkylation sites (tertiary alicyclic amines) is 1. The topological polar surface area (TPSA) is 94.1 Å². The molecule has 1 aliphatic heterocycles. The Balaban J connectivity index is 1.73. The maximum absolute atomic E-state index is 12.8. The molecule has 2 amide bonds. The lowest BCUT2D eigenvalue weighted by Gasteiger charge is -2.32. The van der Waals surface area contributed by atoms with Crippen LogP contribution in [-0.2, 0) is 9.59 Å². The summed E-state index contributed by atoms with van der Waals surface area (Å²) < 4.78 is 1.91. The molecule has 3 rings (SSSR count). The minimum atomic E-state index is -0.331. The molecule has 27 heavy (non-hydrogen) atoms. The average molecular weight is 388 g/mol. The zero-order valence-corrected chi connectivity index (χ0v) is 16.7. The van der Waals surface area contributed by atoms with Crippen LogP contribution >= 0.6 is 11.8 Å². The summed E-state index contributed by atoms with van der Waals surface area (Å²) in [5, 5.41) is 8.57. The number of carbonyl (C=O) groups is 2. The minimum Gasteiger partial charge on any atom is -0.369 e. The van der Waals surface area contributed by atoms with Gasteiger partial charge in [0.05, 0.1) is 16.9 Å². The van der Waals surface area contributed by atoms with E-state index in [9.17, 15) is 9.59 Å². The Labute approximate surface area is 163 Å². The van der Waals surface area contributed by atoms with Crippen molar-refractivity contribution in [3.05, 3.63) is 35.7 Å². The summed E-state index contributed by atoms with van der Waals surface area (Å²) in [5.74, 6) is -0.581. The molecule has 7 nitrogen and oxygen atoms in total. The Morgan fingerprint density at radius 1 is 1.33 bits per heavy atom. The van der Waals surface area contributed by atoms with E-state index in [0.717, 1.165) is 24.1 Å². The van der Waals surface area contributed by atoms with Crippen molar-refractivity contribution in [3.63, 3.8) is 0 Å². The lowest BCUT2D eigenvalue weighted by Crippen LogP contribution is -2.46. The fourth-order valence-electron chi connectivity index (χ4n) is 3.42. The molecule has 144 valence electrons. The molecule has 2 heterocycles. The van der Waals surface area contributed by atoms with Crippen LogP contribution in [0.15, 0.2) is 29.7 Å². The van der Waals surface area contributed by atoms with E-state index in [0.29, 0.717) is 18.2 Å². The standard InChI is InChI=1S/C19H25N5O2S/c1-12-6-7-16(13(2)9-12)24-11-21-22-19(24)27-14(3)18(26)23-8-4-5-15(10-23)17(20)25/h6-7,9,11,14-15H,4-5,8,10H2,1-3H3,(H2,20,25). The van der Waals surface area contributed by atoms with Gasteiger partial charge in [0.2, 0.25) is 11.8 Å². The van der Waals surface area contributed by atoms with Gasteiger partial charge in [-0.05, 0) is 45.2 Å². The van der Waals surface area contributed by atoms with Crippen molar-refractivity contribution in [2.24, 2.45) is 11.7 Å². The molecule has 0 bridgehead atoms. The highest BCUT2D eigenvalue weighted by atomic mass is 32.2. The monoisotopic (exact) mass is 387 g/mol. The zero-order valence-electron chi connectivity index (χ0n) is 15.9. The summed E-state index contributed by atoms with van der Waals surface area (Å²) >= 11 is 1.38. The van der Waals surface area contributed by atoms with Crippen LogP contribution in [0, 0.1) is 19.8 Å². The van der Waals surface area contributed by atoms with Crippen molar-refractivity contribution >= 4 is 23.6 Å². The number of hydrogen-bond donors (Lipinski definition) is 1. The molecule has 0 saturated carbocycles. The number of nitrogens with zero attached hydrogens (tertiary/aromatic N) is 4. The van der Waals surface area contributed by atoms with E-state index in [1.165, 1.54) is 17.3 Å². The van der Waals surface area contributed by atoms with Crippen LogP contribution in [0.1, 0.15) is 30.9 Å². The average Bonchev–Trinajstić information content (AvgIpc) is 3.09. The summed E-state index contributed by atoms with van der Waals surface area (Å²) in [7, 11) is 0. The molecule has 2 atom stereocenters. The second kappa shape index (κ2) is 8.12. The molecular formula is C19H25N5O2S. The number of carbonyl (C=O) groups excluding carboxylic acids is 2. The number of aromatic nitrogens is 3. The molecule has 1 fully saturated rings. The van der Waals surface area contributed by atoms with Gasteiger partial charge in [0, 0.05) is 13.1 Å². The van der Waals surface area contributed by atoms with E-state index in [1.54, 1.807) is 11.2 Å². The zero-order chi connectivity index (χ0) is 19.6. The number of primary amides is 1. The second-order valence-corrected chi connectivity index (χ2v) is 8.37. The van der Waals surface area contributed by atoms with Gasteiger partial charge in [0.1, 0.15) is 6.33 Å². The van der Waals surface area contributed by atoms with Crippen molar-refractivity contribution in [1.82, 2.24) is 19.7 Å². The maximum atomic E-state index is 12.8. The first-order chi connectivity index (χ1) is 12.9. The largest absolute Gasteiger partial charge is 0.369 e. The number of hydrogen-bond acceptors (Lipinski definition) is 5. The molecule has 1 saturated heterocycles.